The number of fused-ring (bicyclic) bond motifs is 1. The third kappa shape index (κ3) is 13.9. The Kier molecular flexibility index (Phi) is 26.6. The minimum atomic E-state index is -0.669. The van der Waals surface area contributed by atoms with Gasteiger partial charge in [0, 0.05) is 79.8 Å². The second-order valence-electron chi connectivity index (χ2n) is 7.22. The average molecular weight is 846 g/mol. The van der Waals surface area contributed by atoms with Crippen LogP contribution >= 0.6 is 21.1 Å². The van der Waals surface area contributed by atoms with Gasteiger partial charge in [-0.3, -0.25) is 27.9 Å². The minimum Gasteiger partial charge on any atom is -0.809 e. The maximum atomic E-state index is 13.0. The van der Waals surface area contributed by atoms with Gasteiger partial charge in [0.25, 0.3) is 5.91 Å². The molecule has 2 aromatic carbocycles. The average Bonchev–Trinajstić information content (AvgIpc) is 3.27. The number of nitrogens with zero attached hydrogens (tertiary/aromatic N) is 3. The molecule has 13 heteroatoms. The Bertz CT molecular complexity index is 1340. The molecule has 0 aliphatic heterocycles. The van der Waals surface area contributed by atoms with Crippen LogP contribution in [0.2, 0.25) is 5.02 Å². The molecule has 41 heavy (non-hydrogen) atoms. The zero-order chi connectivity index (χ0) is 31.3. The van der Waals surface area contributed by atoms with Crippen molar-refractivity contribution in [1.82, 2.24) is 9.55 Å². The van der Waals surface area contributed by atoms with Crippen molar-refractivity contribution in [2.24, 2.45) is 0 Å². The predicted octanol–water partition coefficient (Wildman–Crippen LogP) is 5.54. The second kappa shape index (κ2) is 25.3. The van der Waals surface area contributed by atoms with Gasteiger partial charge in [0.2, 0.25) is 0 Å². The van der Waals surface area contributed by atoms with E-state index in [1.165, 1.54) is 18.2 Å². The SMILES string of the molecule is CO.Cc1ccc2c(c1)c(CC([NH-])=O)c(C)n2C(=O)c1ccc(Cl)cc1.[CH-]=O.[CH-]=O.[Cl][Re].[N-]=Cc1ccccn1.[Y]. The number of carbonyl (C=O) groups excluding carboxylic acids is 4. The Balaban J connectivity index is -0.000000712. The van der Waals surface area contributed by atoms with E-state index in [9.17, 15) is 9.59 Å². The van der Waals surface area contributed by atoms with Crippen LogP contribution in [0.3, 0.4) is 0 Å². The standard InChI is InChI=1S/C19H17ClN2O2.C6H5N2.CH4O.2CHO.ClH.Re.Y/c1-11-3-8-17-16(9-11)15(10-18(21)23)12(2)22(17)19(24)13-4-6-14(20)7-5-13;7-5-6-3-1-2-4-8-6;3*1-2;;;/h3-9H,10H2,1-2H3,(H2,21,23);1-5H;2H,1H3;2*1H;1H;;/q;-1;;2*-1;;+1;/p-2. The van der Waals surface area contributed by atoms with E-state index >= 15 is 0 Å². The second-order valence-corrected chi connectivity index (χ2v) is 7.65. The van der Waals surface area contributed by atoms with Gasteiger partial charge in [-0.15, -0.1) is 0 Å². The van der Waals surface area contributed by atoms with Crippen molar-refractivity contribution >= 4 is 63.6 Å². The molecule has 0 bridgehead atoms. The Labute approximate surface area is 284 Å². The number of halogens is 2. The van der Waals surface area contributed by atoms with Crippen molar-refractivity contribution in [3.63, 3.8) is 0 Å². The molecule has 2 N–H and O–H groups in total. The molecule has 2 heterocycles. The molecule has 1 amide bonds. The van der Waals surface area contributed by atoms with E-state index in [-0.39, 0.29) is 45.0 Å². The van der Waals surface area contributed by atoms with E-state index < -0.39 is 5.91 Å². The van der Waals surface area contributed by atoms with Crippen LogP contribution in [0, 0.1) is 13.8 Å². The van der Waals surface area contributed by atoms with Gasteiger partial charge < -0.3 is 30.6 Å². The summed E-state index contributed by atoms with van der Waals surface area (Å²) >= 11 is 7.09. The molecule has 0 saturated carbocycles. The first-order valence-corrected chi connectivity index (χ1v) is 14.7. The van der Waals surface area contributed by atoms with E-state index in [0.717, 1.165) is 35.4 Å². The Hall–Kier alpha value is -2.41. The fourth-order valence-corrected chi connectivity index (χ4v) is 3.54. The van der Waals surface area contributed by atoms with Crippen molar-refractivity contribution < 1.29 is 75.2 Å². The normalized spacial score (nSPS) is 8.56. The predicted molar refractivity (Wildman–Crippen MR) is 156 cm³/mol. The van der Waals surface area contributed by atoms with Crippen LogP contribution in [-0.4, -0.2) is 53.4 Å². The number of aryl methyl sites for hydroxylation is 1. The minimum absolute atomic E-state index is 0. The van der Waals surface area contributed by atoms with Crippen molar-refractivity contribution in [3.8, 4) is 0 Å². The smallest absolute Gasteiger partial charge is 0.0395 e. The number of amides is 1. The third-order valence-corrected chi connectivity index (χ3v) is 5.19. The van der Waals surface area contributed by atoms with Crippen LogP contribution in [0.5, 0.6) is 0 Å². The number of hydrogen-bond donors (Lipinski definition) is 1. The largest absolute Gasteiger partial charge is 0.809 e. The van der Waals surface area contributed by atoms with Crippen LogP contribution in [0.4, 0.5) is 0 Å². The molecule has 1 radical (unpaired) electrons. The molecule has 4 rings (SSSR count). The number of nitrogens with one attached hydrogen (secondary N) is 1. The van der Waals surface area contributed by atoms with Crippen molar-refractivity contribution in [2.75, 3.05) is 7.11 Å². The fourth-order valence-electron chi connectivity index (χ4n) is 3.42. The summed E-state index contributed by atoms with van der Waals surface area (Å²) in [5.41, 5.74) is 11.6. The van der Waals surface area contributed by atoms with Crippen molar-refractivity contribution in [3.05, 3.63) is 111 Å². The molecule has 0 aliphatic rings. The molecule has 0 unspecified atom stereocenters. The van der Waals surface area contributed by atoms with E-state index in [4.69, 9.17) is 47.0 Å². The van der Waals surface area contributed by atoms with Crippen LogP contribution in [0.25, 0.3) is 22.0 Å². The number of benzene rings is 2. The maximum absolute atomic E-state index is 13.0. The summed E-state index contributed by atoms with van der Waals surface area (Å²) in [5.74, 6) is -0.848. The maximum Gasteiger partial charge on any atom is 0.0395 e. The van der Waals surface area contributed by atoms with Gasteiger partial charge in [-0.2, -0.15) is 6.21 Å². The number of hydrogen-bond acceptors (Lipinski definition) is 6. The zero-order valence-electron chi connectivity index (χ0n) is 22.4. The monoisotopic (exact) mass is 845 g/mol. The molecular formula is C28H27Cl2N4O5ReY-4. The summed E-state index contributed by atoms with van der Waals surface area (Å²) in [4.78, 5) is 43.6. The van der Waals surface area contributed by atoms with Crippen LogP contribution in [0.15, 0.2) is 66.9 Å². The molecule has 4 aromatic rings. The topological polar surface area (TPSA) is 152 Å². The number of aromatic nitrogens is 2. The van der Waals surface area contributed by atoms with Gasteiger partial charge in [0.1, 0.15) is 0 Å². The van der Waals surface area contributed by atoms with Gasteiger partial charge in [0.15, 0.2) is 0 Å². The third-order valence-electron chi connectivity index (χ3n) is 4.94. The van der Waals surface area contributed by atoms with E-state index in [1.807, 2.05) is 31.2 Å². The first-order valence-electron chi connectivity index (χ1n) is 10.9. The Morgan fingerprint density at radius 2 is 1.59 bits per heavy atom. The Morgan fingerprint density at radius 3 is 2.02 bits per heavy atom. The molecule has 0 atom stereocenters. The van der Waals surface area contributed by atoms with Crippen LogP contribution in [0.1, 0.15) is 32.9 Å². The van der Waals surface area contributed by atoms with Gasteiger partial charge in [-0.25, -0.2) is 0 Å². The van der Waals surface area contributed by atoms with Gasteiger partial charge in [0.05, 0.1) is 11.4 Å². The zero-order valence-corrected chi connectivity index (χ0v) is 29.5. The molecule has 0 saturated heterocycles. The van der Waals surface area contributed by atoms with E-state index in [1.54, 1.807) is 54.1 Å². The van der Waals surface area contributed by atoms with Crippen LogP contribution in [-0.2, 0) is 71.7 Å². The number of carbonyl (C=O) groups is 2. The van der Waals surface area contributed by atoms with Gasteiger partial charge >= 0.3 is 27.7 Å². The summed E-state index contributed by atoms with van der Waals surface area (Å²) in [6, 6.07) is 17.8. The first-order chi connectivity index (χ1) is 19.3. The van der Waals surface area contributed by atoms with Crippen LogP contribution < -0.4 is 0 Å². The molecular weight excluding hydrogens is 818 g/mol. The summed E-state index contributed by atoms with van der Waals surface area (Å²) in [5, 5.41) is 16.8. The fraction of sp³-hybridized carbons (Fsp3) is 0.143. The molecule has 0 aliphatic carbocycles. The summed E-state index contributed by atoms with van der Waals surface area (Å²) in [6.45, 7) is 10.3. The summed E-state index contributed by atoms with van der Waals surface area (Å²) in [7, 11) is 5.69. The Morgan fingerprint density at radius 1 is 1.02 bits per heavy atom. The number of pyridine rings is 1. The first kappa shape index (κ1) is 43.0. The van der Waals surface area contributed by atoms with E-state index in [0.29, 0.717) is 22.0 Å². The molecule has 9 nitrogen and oxygen atoms in total. The van der Waals surface area contributed by atoms with Gasteiger partial charge in [-0.1, -0.05) is 29.3 Å². The molecule has 2 aromatic heterocycles. The van der Waals surface area contributed by atoms with Crippen molar-refractivity contribution in [2.45, 2.75) is 20.3 Å². The number of rotatable bonds is 4. The summed E-state index contributed by atoms with van der Waals surface area (Å²) in [6.07, 6.45) is 2.59. The number of aliphatic hydroxyl groups excluding tert-OH is 1. The quantitative estimate of drug-likeness (QED) is 0.162. The van der Waals surface area contributed by atoms with E-state index in [2.05, 4.69) is 18.6 Å². The molecule has 0 spiro atoms. The molecule has 0 fully saturated rings. The summed E-state index contributed by atoms with van der Waals surface area (Å²) < 4.78 is 1.61. The van der Waals surface area contributed by atoms with Gasteiger partial charge in [-0.05, 0) is 67.9 Å². The number of aliphatic hydroxyl groups is 1. The van der Waals surface area contributed by atoms with Crippen molar-refractivity contribution in [1.29, 1.82) is 0 Å². The molecule has 217 valence electrons.